The van der Waals surface area contributed by atoms with Crippen molar-refractivity contribution in [3.05, 3.63) is 24.6 Å². The average molecular weight is 137 g/mol. The predicted molar refractivity (Wildman–Crippen MR) is 38.2 cm³/mol. The van der Waals surface area contributed by atoms with E-state index < -0.39 is 6.03 Å². The van der Waals surface area contributed by atoms with Gasteiger partial charge in [0.15, 0.2) is 0 Å². The summed E-state index contributed by atoms with van der Waals surface area (Å²) in [6.07, 6.45) is 7.84. The van der Waals surface area contributed by atoms with Crippen molar-refractivity contribution in [2.75, 3.05) is 0 Å². The fourth-order valence-electron chi connectivity index (χ4n) is 0.521. The average Bonchev–Trinajstić information content (AvgIpc) is 2.12. The van der Waals surface area contributed by atoms with Crippen LogP contribution in [0.5, 0.6) is 0 Å². The van der Waals surface area contributed by atoms with Gasteiger partial charge in [0.2, 0.25) is 0 Å². The normalized spacial score (nSPS) is 15.4. The Labute approximate surface area is 58.3 Å². The van der Waals surface area contributed by atoms with E-state index in [1.54, 1.807) is 18.4 Å². The van der Waals surface area contributed by atoms with Crippen molar-refractivity contribution in [1.29, 1.82) is 0 Å². The highest BCUT2D eigenvalue weighted by molar-refractivity contribution is 5.86. The van der Waals surface area contributed by atoms with Crippen LogP contribution in [0.1, 0.15) is 0 Å². The number of nitrogens with zero attached hydrogens (tertiary/aromatic N) is 2. The molecule has 0 fully saturated rings. The summed E-state index contributed by atoms with van der Waals surface area (Å²) in [4.78, 5) is 15.4. The number of urea groups is 1. The van der Waals surface area contributed by atoms with Gasteiger partial charge in [0.25, 0.3) is 0 Å². The summed E-state index contributed by atoms with van der Waals surface area (Å²) in [6.45, 7) is 0. The third kappa shape index (κ3) is 1.45. The first-order chi connectivity index (χ1) is 4.80. The molecule has 4 nitrogen and oxygen atoms in total. The zero-order valence-corrected chi connectivity index (χ0v) is 5.27. The number of primary amides is 1. The molecule has 0 bridgehead atoms. The molecule has 2 N–H and O–H groups in total. The van der Waals surface area contributed by atoms with E-state index in [0.29, 0.717) is 0 Å². The lowest BCUT2D eigenvalue weighted by molar-refractivity contribution is 0.239. The summed E-state index contributed by atoms with van der Waals surface area (Å²) in [5.74, 6) is 0. The Bertz CT molecular complexity index is 201. The Morgan fingerprint density at radius 1 is 1.50 bits per heavy atom. The monoisotopic (exact) mass is 137 g/mol. The van der Waals surface area contributed by atoms with E-state index in [9.17, 15) is 4.79 Å². The molecule has 0 saturated heterocycles. The molecule has 0 spiro atoms. The number of hydrogen-bond donors (Lipinski definition) is 1. The number of carbonyl (C=O) groups excluding carboxylic acids is 1. The Kier molecular flexibility index (Phi) is 1.84. The first kappa shape index (κ1) is 6.54. The molecule has 0 aromatic carbocycles. The van der Waals surface area contributed by atoms with E-state index in [4.69, 9.17) is 5.73 Å². The largest absolute Gasteiger partial charge is 0.351 e. The molecule has 2 amide bonds. The number of nitrogens with two attached hydrogens (primary N) is 1. The van der Waals surface area contributed by atoms with Gasteiger partial charge in [0.1, 0.15) is 6.34 Å². The second-order valence-electron chi connectivity index (χ2n) is 1.69. The molecule has 0 atom stereocenters. The highest BCUT2D eigenvalue weighted by atomic mass is 16.2. The molecule has 0 radical (unpaired) electrons. The summed E-state index contributed by atoms with van der Waals surface area (Å²) in [6, 6.07) is -0.538. The van der Waals surface area contributed by atoms with E-state index in [1.165, 1.54) is 17.4 Å². The van der Waals surface area contributed by atoms with Crippen molar-refractivity contribution in [2.24, 2.45) is 10.7 Å². The van der Waals surface area contributed by atoms with Crippen molar-refractivity contribution >= 4 is 12.4 Å². The molecule has 1 aliphatic rings. The van der Waals surface area contributed by atoms with Crippen molar-refractivity contribution in [1.82, 2.24) is 4.90 Å². The van der Waals surface area contributed by atoms with E-state index in [-0.39, 0.29) is 0 Å². The van der Waals surface area contributed by atoms with Gasteiger partial charge in [-0.15, -0.1) is 0 Å². The van der Waals surface area contributed by atoms with Crippen LogP contribution in [0.3, 0.4) is 0 Å². The summed E-state index contributed by atoms with van der Waals surface area (Å²) in [5, 5.41) is 0. The van der Waals surface area contributed by atoms with Crippen LogP contribution in [-0.2, 0) is 0 Å². The maximum atomic E-state index is 10.5. The molecular formula is C6H7N3O. The minimum atomic E-state index is -0.538. The molecule has 1 aliphatic heterocycles. The zero-order valence-electron chi connectivity index (χ0n) is 5.27. The summed E-state index contributed by atoms with van der Waals surface area (Å²) < 4.78 is 0. The van der Waals surface area contributed by atoms with Gasteiger partial charge >= 0.3 is 6.03 Å². The van der Waals surface area contributed by atoms with Gasteiger partial charge in [-0.1, -0.05) is 0 Å². The highest BCUT2D eigenvalue weighted by Gasteiger charge is 2.00. The van der Waals surface area contributed by atoms with Crippen LogP contribution in [0.2, 0.25) is 0 Å². The Balaban J connectivity index is 2.72. The number of allylic oxidation sites excluding steroid dienone is 2. The summed E-state index contributed by atoms with van der Waals surface area (Å²) in [7, 11) is 0. The Hall–Kier alpha value is -1.58. The van der Waals surface area contributed by atoms with E-state index in [2.05, 4.69) is 4.99 Å². The second-order valence-corrected chi connectivity index (χ2v) is 1.69. The predicted octanol–water partition coefficient (Wildman–Crippen LogP) is 0.436. The van der Waals surface area contributed by atoms with Gasteiger partial charge in [-0.2, -0.15) is 0 Å². The van der Waals surface area contributed by atoms with Crippen molar-refractivity contribution in [2.45, 2.75) is 0 Å². The SMILES string of the molecule is NC(=O)N1C=CC=CN=C1. The Morgan fingerprint density at radius 3 is 3.00 bits per heavy atom. The number of aliphatic imine (C=N–C) groups is 1. The van der Waals surface area contributed by atoms with Gasteiger partial charge in [-0.25, -0.2) is 9.79 Å². The first-order valence-corrected chi connectivity index (χ1v) is 2.75. The van der Waals surface area contributed by atoms with Crippen LogP contribution >= 0.6 is 0 Å². The minimum Gasteiger partial charge on any atom is -0.351 e. The molecule has 10 heavy (non-hydrogen) atoms. The van der Waals surface area contributed by atoms with Crippen LogP contribution in [-0.4, -0.2) is 17.3 Å². The fourth-order valence-corrected chi connectivity index (χ4v) is 0.521. The van der Waals surface area contributed by atoms with Crippen molar-refractivity contribution in [3.63, 3.8) is 0 Å². The number of rotatable bonds is 0. The standard InChI is InChI=1S/C6H7N3O/c7-6(10)9-4-2-1-3-8-5-9/h1-5H,(H2,7,10). The molecule has 0 unspecified atom stereocenters. The third-order valence-electron chi connectivity index (χ3n) is 0.975. The van der Waals surface area contributed by atoms with Crippen LogP contribution in [0.25, 0.3) is 0 Å². The Morgan fingerprint density at radius 2 is 2.30 bits per heavy atom. The maximum absolute atomic E-state index is 10.5. The van der Waals surface area contributed by atoms with Crippen LogP contribution in [0, 0.1) is 0 Å². The van der Waals surface area contributed by atoms with Gasteiger partial charge in [0.05, 0.1) is 0 Å². The molecule has 0 aromatic heterocycles. The smallest absolute Gasteiger partial charge is 0.324 e. The summed E-state index contributed by atoms with van der Waals surface area (Å²) in [5.41, 5.74) is 4.95. The molecule has 0 saturated carbocycles. The molecule has 0 aliphatic carbocycles. The fraction of sp³-hybridized carbons (Fsp3) is 0. The third-order valence-corrected chi connectivity index (χ3v) is 0.975. The van der Waals surface area contributed by atoms with Gasteiger partial charge < -0.3 is 5.73 Å². The molecule has 0 aromatic rings. The lowest BCUT2D eigenvalue weighted by atomic mass is 10.5. The zero-order chi connectivity index (χ0) is 7.40. The first-order valence-electron chi connectivity index (χ1n) is 2.75. The lowest BCUT2D eigenvalue weighted by Crippen LogP contribution is -2.29. The second kappa shape index (κ2) is 2.82. The maximum Gasteiger partial charge on any atom is 0.324 e. The summed E-state index contributed by atoms with van der Waals surface area (Å²) >= 11 is 0. The minimum absolute atomic E-state index is 0.538. The van der Waals surface area contributed by atoms with Crippen molar-refractivity contribution in [3.8, 4) is 0 Å². The van der Waals surface area contributed by atoms with Crippen LogP contribution in [0.15, 0.2) is 29.5 Å². The molecular weight excluding hydrogens is 130 g/mol. The van der Waals surface area contributed by atoms with E-state index in [1.807, 2.05) is 0 Å². The van der Waals surface area contributed by atoms with Crippen LogP contribution in [0.4, 0.5) is 4.79 Å². The van der Waals surface area contributed by atoms with Crippen molar-refractivity contribution < 1.29 is 4.79 Å². The van der Waals surface area contributed by atoms with Gasteiger partial charge in [-0.3, -0.25) is 4.90 Å². The number of hydrogen-bond acceptors (Lipinski definition) is 2. The molecule has 4 heteroatoms. The quantitative estimate of drug-likeness (QED) is 0.517. The van der Waals surface area contributed by atoms with E-state index in [0.717, 1.165) is 0 Å². The molecule has 1 heterocycles. The van der Waals surface area contributed by atoms with Crippen LogP contribution < -0.4 is 5.73 Å². The lowest BCUT2D eigenvalue weighted by Gasteiger charge is -2.05. The topological polar surface area (TPSA) is 58.7 Å². The van der Waals surface area contributed by atoms with E-state index >= 15 is 0 Å². The molecule has 1 rings (SSSR count). The van der Waals surface area contributed by atoms with Gasteiger partial charge in [-0.05, 0) is 12.2 Å². The number of amides is 2. The van der Waals surface area contributed by atoms with Gasteiger partial charge in [0, 0.05) is 12.4 Å². The molecule has 52 valence electrons. The highest BCUT2D eigenvalue weighted by Crippen LogP contribution is 1.91. The number of carbonyl (C=O) groups is 1.